The van der Waals surface area contributed by atoms with Gasteiger partial charge in [0.05, 0.1) is 0 Å². The Morgan fingerprint density at radius 1 is 1.39 bits per heavy atom. The molecule has 4 heteroatoms. The van der Waals surface area contributed by atoms with Gasteiger partial charge in [-0.15, -0.1) is 12.4 Å². The van der Waals surface area contributed by atoms with Crippen LogP contribution in [0.5, 0.6) is 5.75 Å². The summed E-state index contributed by atoms with van der Waals surface area (Å²) >= 11 is 0. The first-order valence-corrected chi connectivity index (χ1v) is 6.41. The zero-order chi connectivity index (χ0) is 12.1. The van der Waals surface area contributed by atoms with Crippen molar-refractivity contribution in [2.45, 2.75) is 19.4 Å². The topological polar surface area (TPSA) is 38.5 Å². The van der Waals surface area contributed by atoms with Gasteiger partial charge in [0.15, 0.2) is 0 Å². The van der Waals surface area contributed by atoms with Gasteiger partial charge in [0, 0.05) is 19.1 Å². The van der Waals surface area contributed by atoms with Crippen molar-refractivity contribution in [3.05, 3.63) is 30.3 Å². The average molecular weight is 271 g/mol. The molecular weight excluding hydrogens is 248 g/mol. The lowest BCUT2D eigenvalue weighted by atomic mass is 10.0. The molecule has 18 heavy (non-hydrogen) atoms. The van der Waals surface area contributed by atoms with E-state index in [4.69, 9.17) is 10.5 Å². The van der Waals surface area contributed by atoms with Crippen molar-refractivity contribution in [2.75, 3.05) is 26.2 Å². The van der Waals surface area contributed by atoms with E-state index < -0.39 is 0 Å². The van der Waals surface area contributed by atoms with E-state index in [0.29, 0.717) is 12.0 Å². The van der Waals surface area contributed by atoms with Crippen molar-refractivity contribution < 1.29 is 4.74 Å². The fourth-order valence-corrected chi connectivity index (χ4v) is 2.30. The third kappa shape index (κ3) is 4.48. The molecule has 102 valence electrons. The quantitative estimate of drug-likeness (QED) is 0.891. The Morgan fingerprint density at radius 2 is 2.11 bits per heavy atom. The zero-order valence-electron chi connectivity index (χ0n) is 10.9. The maximum atomic E-state index is 5.92. The first-order valence-electron chi connectivity index (χ1n) is 6.41. The molecule has 2 N–H and O–H groups in total. The second-order valence-electron chi connectivity index (χ2n) is 4.87. The van der Waals surface area contributed by atoms with Crippen molar-refractivity contribution in [1.82, 2.24) is 4.90 Å². The Kier molecular flexibility index (Phi) is 6.47. The second kappa shape index (κ2) is 7.62. The monoisotopic (exact) mass is 270 g/mol. The number of nitrogens with two attached hydrogens (primary N) is 1. The molecule has 1 saturated heterocycles. The lowest BCUT2D eigenvalue weighted by Gasteiger charge is -2.17. The minimum Gasteiger partial charge on any atom is -0.492 e. The van der Waals surface area contributed by atoms with Gasteiger partial charge >= 0.3 is 0 Å². The summed E-state index contributed by atoms with van der Waals surface area (Å²) in [5, 5.41) is 0. The molecule has 2 atom stereocenters. The van der Waals surface area contributed by atoms with Gasteiger partial charge in [-0.05, 0) is 37.9 Å². The number of ether oxygens (including phenoxy) is 1. The summed E-state index contributed by atoms with van der Waals surface area (Å²) in [6, 6.07) is 10.3. The van der Waals surface area contributed by atoms with E-state index in [1.165, 1.54) is 6.42 Å². The highest BCUT2D eigenvalue weighted by Gasteiger charge is 2.24. The third-order valence-electron chi connectivity index (χ3n) is 3.47. The molecule has 0 aromatic heterocycles. The Balaban J connectivity index is 0.00000162. The number of rotatable bonds is 5. The first kappa shape index (κ1) is 15.3. The molecule has 1 aliphatic heterocycles. The van der Waals surface area contributed by atoms with Gasteiger partial charge < -0.3 is 10.5 Å². The Hall–Kier alpha value is -0.770. The number of para-hydroxylation sites is 1. The standard InChI is InChI=1S/C14H22N2O.ClH/c1-12(15)13-7-8-16(11-13)9-10-17-14-5-3-2-4-6-14;/h2-6,12-13H,7-11,15H2,1H3;1H. The van der Waals surface area contributed by atoms with Crippen LogP contribution >= 0.6 is 12.4 Å². The fourth-order valence-electron chi connectivity index (χ4n) is 2.30. The molecule has 1 heterocycles. The van der Waals surface area contributed by atoms with Gasteiger partial charge in [-0.1, -0.05) is 18.2 Å². The van der Waals surface area contributed by atoms with E-state index in [-0.39, 0.29) is 12.4 Å². The predicted molar refractivity (Wildman–Crippen MR) is 77.4 cm³/mol. The normalized spacial score (nSPS) is 21.3. The van der Waals surface area contributed by atoms with Crippen LogP contribution in [-0.2, 0) is 0 Å². The van der Waals surface area contributed by atoms with Crippen molar-refractivity contribution in [1.29, 1.82) is 0 Å². The Morgan fingerprint density at radius 3 is 2.72 bits per heavy atom. The first-order chi connectivity index (χ1) is 8.25. The predicted octanol–water partition coefficient (Wildman–Crippen LogP) is 2.16. The van der Waals surface area contributed by atoms with E-state index in [9.17, 15) is 0 Å². The molecule has 1 fully saturated rings. The van der Waals surface area contributed by atoms with E-state index in [0.717, 1.165) is 32.0 Å². The molecule has 1 aliphatic rings. The van der Waals surface area contributed by atoms with Crippen LogP contribution in [-0.4, -0.2) is 37.2 Å². The molecule has 2 unspecified atom stereocenters. The SMILES string of the molecule is CC(N)C1CCN(CCOc2ccccc2)C1.Cl. The summed E-state index contributed by atoms with van der Waals surface area (Å²) in [7, 11) is 0. The molecule has 0 amide bonds. The van der Waals surface area contributed by atoms with Gasteiger partial charge in [-0.2, -0.15) is 0 Å². The maximum absolute atomic E-state index is 5.92. The average Bonchev–Trinajstić information content (AvgIpc) is 2.79. The summed E-state index contributed by atoms with van der Waals surface area (Å²) in [4.78, 5) is 2.44. The van der Waals surface area contributed by atoms with Crippen LogP contribution in [0.1, 0.15) is 13.3 Å². The zero-order valence-corrected chi connectivity index (χ0v) is 11.7. The van der Waals surface area contributed by atoms with E-state index in [1.807, 2.05) is 30.3 Å². The van der Waals surface area contributed by atoms with Crippen molar-refractivity contribution in [3.63, 3.8) is 0 Å². The number of hydrogen-bond acceptors (Lipinski definition) is 3. The summed E-state index contributed by atoms with van der Waals surface area (Å²) in [5.74, 6) is 1.61. The number of likely N-dealkylation sites (tertiary alicyclic amines) is 1. The van der Waals surface area contributed by atoms with Gasteiger partial charge in [-0.3, -0.25) is 4.90 Å². The molecule has 2 rings (SSSR count). The maximum Gasteiger partial charge on any atom is 0.119 e. The largest absolute Gasteiger partial charge is 0.492 e. The van der Waals surface area contributed by atoms with E-state index in [1.54, 1.807) is 0 Å². The number of benzene rings is 1. The summed E-state index contributed by atoms with van der Waals surface area (Å²) in [6.45, 7) is 6.14. The molecule has 0 aliphatic carbocycles. The highest BCUT2D eigenvalue weighted by Crippen LogP contribution is 2.18. The molecule has 1 aromatic carbocycles. The van der Waals surface area contributed by atoms with Crippen LogP contribution < -0.4 is 10.5 Å². The smallest absolute Gasteiger partial charge is 0.119 e. The van der Waals surface area contributed by atoms with Crippen LogP contribution in [0.3, 0.4) is 0 Å². The number of halogens is 1. The lowest BCUT2D eigenvalue weighted by Crippen LogP contribution is -2.31. The molecule has 1 aromatic rings. The third-order valence-corrected chi connectivity index (χ3v) is 3.47. The van der Waals surface area contributed by atoms with Crippen molar-refractivity contribution >= 4 is 12.4 Å². The summed E-state index contributed by atoms with van der Waals surface area (Å²) < 4.78 is 5.69. The molecule has 0 radical (unpaired) electrons. The highest BCUT2D eigenvalue weighted by molar-refractivity contribution is 5.85. The molecular formula is C14H23ClN2O. The van der Waals surface area contributed by atoms with Crippen LogP contribution in [0.25, 0.3) is 0 Å². The fraction of sp³-hybridized carbons (Fsp3) is 0.571. The number of nitrogens with zero attached hydrogens (tertiary/aromatic N) is 1. The number of hydrogen-bond donors (Lipinski definition) is 1. The summed E-state index contributed by atoms with van der Waals surface area (Å²) in [6.07, 6.45) is 1.23. The van der Waals surface area contributed by atoms with Gasteiger partial charge in [0.25, 0.3) is 0 Å². The van der Waals surface area contributed by atoms with E-state index >= 15 is 0 Å². The van der Waals surface area contributed by atoms with Crippen LogP contribution in [0.2, 0.25) is 0 Å². The van der Waals surface area contributed by atoms with Gasteiger partial charge in [0.2, 0.25) is 0 Å². The van der Waals surface area contributed by atoms with Gasteiger partial charge in [-0.25, -0.2) is 0 Å². The van der Waals surface area contributed by atoms with Crippen LogP contribution in [0.15, 0.2) is 30.3 Å². The summed E-state index contributed by atoms with van der Waals surface area (Å²) in [5.41, 5.74) is 5.92. The van der Waals surface area contributed by atoms with Crippen LogP contribution in [0, 0.1) is 5.92 Å². The molecule has 0 saturated carbocycles. The molecule has 0 bridgehead atoms. The van der Waals surface area contributed by atoms with Crippen molar-refractivity contribution in [3.8, 4) is 5.75 Å². The van der Waals surface area contributed by atoms with E-state index in [2.05, 4.69) is 11.8 Å². The minimum absolute atomic E-state index is 0. The highest BCUT2D eigenvalue weighted by atomic mass is 35.5. The molecule has 3 nitrogen and oxygen atoms in total. The lowest BCUT2D eigenvalue weighted by molar-refractivity contribution is 0.230. The van der Waals surface area contributed by atoms with Gasteiger partial charge in [0.1, 0.15) is 12.4 Å². The Labute approximate surface area is 116 Å². The van der Waals surface area contributed by atoms with Crippen LogP contribution in [0.4, 0.5) is 0 Å². The Bertz CT molecular complexity index is 332. The minimum atomic E-state index is 0. The second-order valence-corrected chi connectivity index (χ2v) is 4.87. The van der Waals surface area contributed by atoms with Crippen molar-refractivity contribution in [2.24, 2.45) is 11.7 Å². The molecule has 0 spiro atoms.